The van der Waals surface area contributed by atoms with Crippen LogP contribution in [0.5, 0.6) is 5.75 Å². The zero-order chi connectivity index (χ0) is 12.4. The Labute approximate surface area is 105 Å². The lowest BCUT2D eigenvalue weighted by molar-refractivity contribution is 0.0924. The second-order valence-electron chi connectivity index (χ2n) is 4.21. The highest BCUT2D eigenvalue weighted by molar-refractivity contribution is 5.94. The minimum Gasteiger partial charge on any atom is -0.493 e. The molecule has 4 heteroatoms. The quantitative estimate of drug-likeness (QED) is 0.881. The van der Waals surface area contributed by atoms with Gasteiger partial charge in [-0.1, -0.05) is 18.2 Å². The molecule has 92 valence electrons. The number of nitrogens with one attached hydrogen (secondary N) is 1. The molecule has 2 heterocycles. The fourth-order valence-electron chi connectivity index (χ4n) is 2.13. The lowest BCUT2D eigenvalue weighted by atomic mass is 10.0. The van der Waals surface area contributed by atoms with E-state index in [1.807, 2.05) is 24.3 Å². The molecule has 1 unspecified atom stereocenters. The number of carbonyl (C=O) groups is 1. The van der Waals surface area contributed by atoms with Gasteiger partial charge in [0.05, 0.1) is 24.5 Å². The third kappa shape index (κ3) is 1.97. The van der Waals surface area contributed by atoms with Crippen LogP contribution in [0, 0.1) is 0 Å². The fraction of sp³-hybridized carbons (Fsp3) is 0.214. The highest BCUT2D eigenvalue weighted by atomic mass is 16.5. The summed E-state index contributed by atoms with van der Waals surface area (Å²) in [5.41, 5.74) is 1.57. The molecule has 1 atom stereocenters. The SMILES string of the molecule is O=C(NC1CCOc2ccccc21)c1ccoc1. The van der Waals surface area contributed by atoms with Gasteiger partial charge < -0.3 is 14.5 Å². The second-order valence-corrected chi connectivity index (χ2v) is 4.21. The van der Waals surface area contributed by atoms with E-state index in [0.29, 0.717) is 12.2 Å². The minimum absolute atomic E-state index is 0.00245. The van der Waals surface area contributed by atoms with Crippen LogP contribution in [0.25, 0.3) is 0 Å². The van der Waals surface area contributed by atoms with Crippen molar-refractivity contribution in [2.24, 2.45) is 0 Å². The standard InChI is InChI=1S/C14H13NO3/c16-14(10-5-7-17-9-10)15-12-6-8-18-13-4-2-1-3-11(12)13/h1-5,7,9,12H,6,8H2,(H,15,16). The Bertz CT molecular complexity index is 548. The Kier molecular flexibility index (Phi) is 2.76. The van der Waals surface area contributed by atoms with Crippen molar-refractivity contribution in [3.63, 3.8) is 0 Å². The lowest BCUT2D eigenvalue weighted by Gasteiger charge is -2.26. The van der Waals surface area contributed by atoms with Crippen LogP contribution in [0.3, 0.4) is 0 Å². The lowest BCUT2D eigenvalue weighted by Crippen LogP contribution is -2.31. The number of furan rings is 1. The van der Waals surface area contributed by atoms with E-state index in [9.17, 15) is 4.79 Å². The molecule has 0 bridgehead atoms. The average Bonchev–Trinajstić information content (AvgIpc) is 2.93. The topological polar surface area (TPSA) is 51.5 Å². The van der Waals surface area contributed by atoms with E-state index in [1.165, 1.54) is 12.5 Å². The predicted molar refractivity (Wildman–Crippen MR) is 65.5 cm³/mol. The molecule has 18 heavy (non-hydrogen) atoms. The van der Waals surface area contributed by atoms with E-state index in [-0.39, 0.29) is 11.9 Å². The molecule has 3 rings (SSSR count). The van der Waals surface area contributed by atoms with Crippen molar-refractivity contribution in [1.29, 1.82) is 0 Å². The molecule has 1 aliphatic rings. The maximum Gasteiger partial charge on any atom is 0.255 e. The van der Waals surface area contributed by atoms with E-state index < -0.39 is 0 Å². The number of ether oxygens (including phenoxy) is 1. The molecule has 2 aromatic rings. The molecule has 0 saturated carbocycles. The monoisotopic (exact) mass is 243 g/mol. The first-order chi connectivity index (χ1) is 8.84. The smallest absolute Gasteiger partial charge is 0.255 e. The van der Waals surface area contributed by atoms with Crippen molar-refractivity contribution >= 4 is 5.91 Å². The normalized spacial score (nSPS) is 17.7. The number of benzene rings is 1. The van der Waals surface area contributed by atoms with Crippen LogP contribution < -0.4 is 10.1 Å². The predicted octanol–water partition coefficient (Wildman–Crippen LogP) is 2.53. The number of rotatable bonds is 2. The van der Waals surface area contributed by atoms with Crippen LogP contribution in [-0.4, -0.2) is 12.5 Å². The highest BCUT2D eigenvalue weighted by Gasteiger charge is 2.23. The van der Waals surface area contributed by atoms with Crippen molar-refractivity contribution in [2.75, 3.05) is 6.61 Å². The van der Waals surface area contributed by atoms with Gasteiger partial charge in [-0.2, -0.15) is 0 Å². The Hall–Kier alpha value is -2.23. The van der Waals surface area contributed by atoms with Crippen LogP contribution in [-0.2, 0) is 0 Å². The summed E-state index contributed by atoms with van der Waals surface area (Å²) in [5, 5.41) is 3.00. The van der Waals surface area contributed by atoms with Gasteiger partial charge in [-0.05, 0) is 12.1 Å². The number of fused-ring (bicyclic) bond motifs is 1. The van der Waals surface area contributed by atoms with Gasteiger partial charge in [0.25, 0.3) is 5.91 Å². The molecular weight excluding hydrogens is 230 g/mol. The summed E-state index contributed by atoms with van der Waals surface area (Å²) in [6.07, 6.45) is 3.72. The summed E-state index contributed by atoms with van der Waals surface area (Å²) < 4.78 is 10.5. The zero-order valence-corrected chi connectivity index (χ0v) is 9.76. The Morgan fingerprint density at radius 1 is 1.28 bits per heavy atom. The van der Waals surface area contributed by atoms with Crippen molar-refractivity contribution in [3.8, 4) is 5.75 Å². The molecule has 1 aromatic heterocycles. The molecule has 0 radical (unpaired) electrons. The zero-order valence-electron chi connectivity index (χ0n) is 9.76. The summed E-state index contributed by atoms with van der Waals surface area (Å²) in [7, 11) is 0. The maximum absolute atomic E-state index is 12.0. The van der Waals surface area contributed by atoms with E-state index >= 15 is 0 Å². The van der Waals surface area contributed by atoms with Crippen LogP contribution in [0.15, 0.2) is 47.3 Å². The molecule has 1 amide bonds. The average molecular weight is 243 g/mol. The first-order valence-corrected chi connectivity index (χ1v) is 5.89. The van der Waals surface area contributed by atoms with Gasteiger partial charge in [-0.3, -0.25) is 4.79 Å². The van der Waals surface area contributed by atoms with Gasteiger partial charge in [0.2, 0.25) is 0 Å². The number of para-hydroxylation sites is 1. The van der Waals surface area contributed by atoms with Gasteiger partial charge in [0.1, 0.15) is 12.0 Å². The van der Waals surface area contributed by atoms with E-state index in [0.717, 1.165) is 17.7 Å². The molecule has 1 N–H and O–H groups in total. The van der Waals surface area contributed by atoms with Crippen molar-refractivity contribution < 1.29 is 13.9 Å². The van der Waals surface area contributed by atoms with E-state index in [2.05, 4.69) is 5.32 Å². The minimum atomic E-state index is -0.120. The number of amides is 1. The third-order valence-corrected chi connectivity index (χ3v) is 3.05. The number of carbonyl (C=O) groups excluding carboxylic acids is 1. The Balaban J connectivity index is 1.80. The molecule has 0 fully saturated rings. The van der Waals surface area contributed by atoms with Crippen LogP contribution >= 0.6 is 0 Å². The van der Waals surface area contributed by atoms with Crippen molar-refractivity contribution in [3.05, 3.63) is 54.0 Å². The van der Waals surface area contributed by atoms with Gasteiger partial charge in [-0.25, -0.2) is 0 Å². The first kappa shape index (κ1) is 10.9. The largest absolute Gasteiger partial charge is 0.493 e. The van der Waals surface area contributed by atoms with Gasteiger partial charge in [0, 0.05) is 12.0 Å². The van der Waals surface area contributed by atoms with Gasteiger partial charge in [-0.15, -0.1) is 0 Å². The highest BCUT2D eigenvalue weighted by Crippen LogP contribution is 2.31. The van der Waals surface area contributed by atoms with Crippen LogP contribution in [0.4, 0.5) is 0 Å². The molecule has 1 aliphatic heterocycles. The Morgan fingerprint density at radius 3 is 3.00 bits per heavy atom. The second kappa shape index (κ2) is 4.56. The maximum atomic E-state index is 12.0. The molecule has 0 saturated heterocycles. The molecule has 0 spiro atoms. The van der Waals surface area contributed by atoms with Gasteiger partial charge >= 0.3 is 0 Å². The summed E-state index contributed by atoms with van der Waals surface area (Å²) in [4.78, 5) is 12.0. The van der Waals surface area contributed by atoms with E-state index in [1.54, 1.807) is 6.07 Å². The van der Waals surface area contributed by atoms with Crippen molar-refractivity contribution in [1.82, 2.24) is 5.32 Å². The summed E-state index contributed by atoms with van der Waals surface area (Å²) in [6, 6.07) is 9.43. The van der Waals surface area contributed by atoms with Gasteiger partial charge in [0.15, 0.2) is 0 Å². The first-order valence-electron chi connectivity index (χ1n) is 5.89. The molecule has 0 aliphatic carbocycles. The molecular formula is C14H13NO3. The Morgan fingerprint density at radius 2 is 2.17 bits per heavy atom. The van der Waals surface area contributed by atoms with Crippen molar-refractivity contribution in [2.45, 2.75) is 12.5 Å². The van der Waals surface area contributed by atoms with Crippen LogP contribution in [0.1, 0.15) is 28.4 Å². The van der Waals surface area contributed by atoms with E-state index in [4.69, 9.17) is 9.15 Å². The fourth-order valence-corrected chi connectivity index (χ4v) is 2.13. The summed E-state index contributed by atoms with van der Waals surface area (Å²) >= 11 is 0. The summed E-state index contributed by atoms with van der Waals surface area (Å²) in [5.74, 6) is 0.728. The number of hydrogen-bond acceptors (Lipinski definition) is 3. The molecule has 4 nitrogen and oxygen atoms in total. The third-order valence-electron chi connectivity index (χ3n) is 3.05. The van der Waals surface area contributed by atoms with Crippen LogP contribution in [0.2, 0.25) is 0 Å². The number of hydrogen-bond donors (Lipinski definition) is 1. The summed E-state index contributed by atoms with van der Waals surface area (Å²) in [6.45, 7) is 0.618. The molecule has 1 aromatic carbocycles.